The lowest BCUT2D eigenvalue weighted by atomic mass is 9.71. The third kappa shape index (κ3) is 2.50. The second-order valence-corrected chi connectivity index (χ2v) is 4.73. The summed E-state index contributed by atoms with van der Waals surface area (Å²) in [6.45, 7) is 4.88. The van der Waals surface area contributed by atoms with Crippen LogP contribution in [-0.4, -0.2) is 23.9 Å². The van der Waals surface area contributed by atoms with Gasteiger partial charge in [-0.25, -0.2) is 0 Å². The maximum Gasteiger partial charge on any atom is 0.111 e. The molecule has 1 heterocycles. The summed E-state index contributed by atoms with van der Waals surface area (Å²) in [5.74, 6) is 0. The third-order valence-corrected chi connectivity index (χ3v) is 3.53. The minimum absolute atomic E-state index is 0.378. The Morgan fingerprint density at radius 3 is 2.73 bits per heavy atom. The molecule has 1 aliphatic rings. The molecule has 3 heteroatoms. The molecule has 1 aliphatic heterocycles. The Labute approximate surface area is 92.0 Å². The van der Waals surface area contributed by atoms with Crippen molar-refractivity contribution in [1.82, 2.24) is 0 Å². The van der Waals surface area contributed by atoms with Gasteiger partial charge in [0, 0.05) is 6.61 Å². The van der Waals surface area contributed by atoms with Gasteiger partial charge in [-0.15, -0.1) is 0 Å². The monoisotopic (exact) mass is 211 g/mol. The van der Waals surface area contributed by atoms with Crippen LogP contribution in [0.3, 0.4) is 0 Å². The zero-order chi connectivity index (χ0) is 11.4. The minimum Gasteiger partial charge on any atom is -0.388 e. The Morgan fingerprint density at radius 2 is 2.27 bits per heavy atom. The molecule has 86 valence electrons. The third-order valence-electron chi connectivity index (χ3n) is 3.53. The fourth-order valence-corrected chi connectivity index (χ4v) is 2.16. The lowest BCUT2D eigenvalue weighted by Gasteiger charge is -2.36. The Kier molecular flexibility index (Phi) is 4.12. The van der Waals surface area contributed by atoms with Crippen LogP contribution in [0, 0.1) is 16.7 Å². The summed E-state index contributed by atoms with van der Waals surface area (Å²) in [6.07, 6.45) is 4.57. The molecule has 0 aromatic carbocycles. The fourth-order valence-electron chi connectivity index (χ4n) is 2.16. The van der Waals surface area contributed by atoms with E-state index in [9.17, 15) is 10.4 Å². The standard InChI is InChI=1S/C12H21NO2/c1-3-4-5-6-11(2,14)12(9-13)7-8-15-10-12/h14H,3-8,10H2,1-2H3. The van der Waals surface area contributed by atoms with Gasteiger partial charge in [-0.1, -0.05) is 26.2 Å². The van der Waals surface area contributed by atoms with Gasteiger partial charge in [0.15, 0.2) is 0 Å². The predicted molar refractivity (Wildman–Crippen MR) is 58.2 cm³/mol. The molecular weight excluding hydrogens is 190 g/mol. The topological polar surface area (TPSA) is 53.2 Å². The first-order valence-corrected chi connectivity index (χ1v) is 5.79. The summed E-state index contributed by atoms with van der Waals surface area (Å²) in [5, 5.41) is 19.6. The van der Waals surface area contributed by atoms with Crippen molar-refractivity contribution in [1.29, 1.82) is 5.26 Å². The Morgan fingerprint density at radius 1 is 1.53 bits per heavy atom. The van der Waals surface area contributed by atoms with Crippen LogP contribution in [0.2, 0.25) is 0 Å². The predicted octanol–water partition coefficient (Wildman–Crippen LogP) is 2.25. The smallest absolute Gasteiger partial charge is 0.111 e. The number of aliphatic hydroxyl groups is 1. The molecule has 0 aromatic heterocycles. The SMILES string of the molecule is CCCCCC(C)(O)C1(C#N)CCOC1. The second kappa shape index (κ2) is 4.96. The molecule has 0 aromatic rings. The van der Waals surface area contributed by atoms with Crippen molar-refractivity contribution in [3.63, 3.8) is 0 Å². The summed E-state index contributed by atoms with van der Waals surface area (Å²) in [6, 6.07) is 2.27. The lowest BCUT2D eigenvalue weighted by Crippen LogP contribution is -2.45. The summed E-state index contributed by atoms with van der Waals surface area (Å²) >= 11 is 0. The van der Waals surface area contributed by atoms with Gasteiger partial charge in [0.1, 0.15) is 5.41 Å². The van der Waals surface area contributed by atoms with Crippen molar-refractivity contribution in [2.45, 2.75) is 51.6 Å². The zero-order valence-corrected chi connectivity index (χ0v) is 9.75. The molecule has 2 atom stereocenters. The molecule has 15 heavy (non-hydrogen) atoms. The number of unbranched alkanes of at least 4 members (excludes halogenated alkanes) is 2. The highest BCUT2D eigenvalue weighted by Gasteiger charge is 2.49. The van der Waals surface area contributed by atoms with Gasteiger partial charge in [-0.05, 0) is 19.8 Å². The van der Waals surface area contributed by atoms with Crippen LogP contribution in [0.25, 0.3) is 0 Å². The summed E-state index contributed by atoms with van der Waals surface area (Å²) in [5.41, 5.74) is -1.59. The van der Waals surface area contributed by atoms with E-state index >= 15 is 0 Å². The number of nitriles is 1. The van der Waals surface area contributed by atoms with E-state index in [-0.39, 0.29) is 0 Å². The van der Waals surface area contributed by atoms with Crippen LogP contribution in [-0.2, 0) is 4.74 Å². The maximum atomic E-state index is 10.4. The van der Waals surface area contributed by atoms with E-state index in [1.54, 1.807) is 6.92 Å². The highest BCUT2D eigenvalue weighted by molar-refractivity contribution is 5.11. The van der Waals surface area contributed by atoms with Gasteiger partial charge in [-0.2, -0.15) is 5.26 Å². The summed E-state index contributed by atoms with van der Waals surface area (Å²) < 4.78 is 5.26. The Bertz CT molecular complexity index is 236. The average molecular weight is 211 g/mol. The minimum atomic E-state index is -0.909. The lowest BCUT2D eigenvalue weighted by molar-refractivity contribution is -0.0505. The van der Waals surface area contributed by atoms with Crippen LogP contribution >= 0.6 is 0 Å². The maximum absolute atomic E-state index is 10.4. The van der Waals surface area contributed by atoms with E-state index in [2.05, 4.69) is 13.0 Å². The van der Waals surface area contributed by atoms with Gasteiger partial charge in [0.2, 0.25) is 0 Å². The van der Waals surface area contributed by atoms with Crippen molar-refractivity contribution in [2.75, 3.05) is 13.2 Å². The molecule has 0 spiro atoms. The van der Waals surface area contributed by atoms with Gasteiger partial charge >= 0.3 is 0 Å². The largest absolute Gasteiger partial charge is 0.388 e. The molecule has 1 rings (SSSR count). The number of ether oxygens (including phenoxy) is 1. The van der Waals surface area contributed by atoms with E-state index in [0.717, 1.165) is 19.3 Å². The first kappa shape index (κ1) is 12.5. The van der Waals surface area contributed by atoms with Gasteiger partial charge in [0.25, 0.3) is 0 Å². The first-order valence-electron chi connectivity index (χ1n) is 5.79. The number of hydrogen-bond acceptors (Lipinski definition) is 3. The number of rotatable bonds is 5. The molecule has 0 amide bonds. The molecule has 1 fully saturated rings. The van der Waals surface area contributed by atoms with E-state index in [0.29, 0.717) is 26.1 Å². The summed E-state index contributed by atoms with van der Waals surface area (Å²) in [4.78, 5) is 0. The molecular formula is C12H21NO2. The second-order valence-electron chi connectivity index (χ2n) is 4.73. The molecule has 1 saturated heterocycles. The molecule has 3 nitrogen and oxygen atoms in total. The van der Waals surface area contributed by atoms with Crippen molar-refractivity contribution < 1.29 is 9.84 Å². The normalized spacial score (nSPS) is 29.7. The van der Waals surface area contributed by atoms with E-state index < -0.39 is 11.0 Å². The fraction of sp³-hybridized carbons (Fsp3) is 0.917. The van der Waals surface area contributed by atoms with Crippen molar-refractivity contribution in [3.8, 4) is 6.07 Å². The van der Waals surface area contributed by atoms with Gasteiger partial charge in [-0.3, -0.25) is 0 Å². The molecule has 1 N–H and O–H groups in total. The van der Waals surface area contributed by atoms with Crippen LogP contribution in [0.1, 0.15) is 46.0 Å². The van der Waals surface area contributed by atoms with Crippen molar-refractivity contribution >= 4 is 0 Å². The van der Waals surface area contributed by atoms with Crippen LogP contribution in [0.4, 0.5) is 0 Å². The van der Waals surface area contributed by atoms with Gasteiger partial charge in [0.05, 0.1) is 18.3 Å². The molecule has 0 bridgehead atoms. The van der Waals surface area contributed by atoms with E-state index in [4.69, 9.17) is 4.74 Å². The molecule has 0 saturated carbocycles. The van der Waals surface area contributed by atoms with Crippen molar-refractivity contribution in [3.05, 3.63) is 0 Å². The van der Waals surface area contributed by atoms with Crippen LogP contribution in [0.5, 0.6) is 0 Å². The Balaban J connectivity index is 2.61. The van der Waals surface area contributed by atoms with Gasteiger partial charge < -0.3 is 9.84 Å². The van der Waals surface area contributed by atoms with E-state index in [1.807, 2.05) is 0 Å². The highest BCUT2D eigenvalue weighted by Crippen LogP contribution is 2.41. The quantitative estimate of drug-likeness (QED) is 0.710. The molecule has 2 unspecified atom stereocenters. The van der Waals surface area contributed by atoms with E-state index in [1.165, 1.54) is 0 Å². The Hall–Kier alpha value is -0.590. The highest BCUT2D eigenvalue weighted by atomic mass is 16.5. The number of nitrogens with zero attached hydrogens (tertiary/aromatic N) is 1. The molecule has 0 aliphatic carbocycles. The first-order chi connectivity index (χ1) is 7.08. The molecule has 0 radical (unpaired) electrons. The van der Waals surface area contributed by atoms with Crippen LogP contribution in [0.15, 0.2) is 0 Å². The van der Waals surface area contributed by atoms with Crippen molar-refractivity contribution in [2.24, 2.45) is 5.41 Å². The number of hydrogen-bond donors (Lipinski definition) is 1. The van der Waals surface area contributed by atoms with Crippen LogP contribution < -0.4 is 0 Å². The average Bonchev–Trinajstić information content (AvgIpc) is 2.67. The summed E-state index contributed by atoms with van der Waals surface area (Å²) in [7, 11) is 0. The zero-order valence-electron chi connectivity index (χ0n) is 9.75.